The largest absolute Gasteiger partial charge is 0.381 e. The Morgan fingerprint density at radius 3 is 2.81 bits per heavy atom. The number of guanidine groups is 1. The van der Waals surface area contributed by atoms with E-state index in [0.717, 1.165) is 49.9 Å². The SMILES string of the molecule is CCCCOCCCNC(=NC)NCc1ccnc(-n2ccnc2)c1.I. The summed E-state index contributed by atoms with van der Waals surface area (Å²) in [7, 11) is 1.77. The van der Waals surface area contributed by atoms with Crippen molar-refractivity contribution >= 4 is 29.9 Å². The normalized spacial score (nSPS) is 11.1. The summed E-state index contributed by atoms with van der Waals surface area (Å²) in [4.78, 5) is 12.7. The van der Waals surface area contributed by atoms with E-state index in [-0.39, 0.29) is 24.0 Å². The standard InChI is InChI=1S/C18H28N6O.HI/c1-3-4-11-25-12-5-7-22-18(19-2)23-14-16-6-8-21-17(13-16)24-10-9-20-15-24;/h6,8-10,13,15H,3-5,7,11-12,14H2,1-2H3,(H2,19,22,23);1H. The second-order valence-electron chi connectivity index (χ2n) is 5.66. The summed E-state index contributed by atoms with van der Waals surface area (Å²) in [6.45, 7) is 5.31. The molecule has 2 rings (SSSR count). The van der Waals surface area contributed by atoms with Crippen molar-refractivity contribution in [3.05, 3.63) is 42.6 Å². The number of unbranched alkanes of at least 4 members (excludes halogenated alkanes) is 1. The third kappa shape index (κ3) is 8.13. The summed E-state index contributed by atoms with van der Waals surface area (Å²) in [6, 6.07) is 4.02. The van der Waals surface area contributed by atoms with Crippen molar-refractivity contribution in [2.75, 3.05) is 26.8 Å². The number of imidazole rings is 1. The van der Waals surface area contributed by atoms with Gasteiger partial charge in [-0.15, -0.1) is 24.0 Å². The number of aromatic nitrogens is 3. The van der Waals surface area contributed by atoms with Crippen molar-refractivity contribution in [1.29, 1.82) is 0 Å². The van der Waals surface area contributed by atoms with Crippen LogP contribution in [-0.4, -0.2) is 47.3 Å². The number of pyridine rings is 1. The maximum absolute atomic E-state index is 5.55. The summed E-state index contributed by atoms with van der Waals surface area (Å²) in [5.41, 5.74) is 1.13. The van der Waals surface area contributed by atoms with E-state index in [9.17, 15) is 0 Å². The lowest BCUT2D eigenvalue weighted by molar-refractivity contribution is 0.129. The van der Waals surface area contributed by atoms with Gasteiger partial charge in [0.2, 0.25) is 0 Å². The Kier molecular flexibility index (Phi) is 11.6. The van der Waals surface area contributed by atoms with Gasteiger partial charge in [-0.25, -0.2) is 9.97 Å². The van der Waals surface area contributed by atoms with E-state index >= 15 is 0 Å². The first kappa shape index (κ1) is 22.4. The minimum absolute atomic E-state index is 0. The highest BCUT2D eigenvalue weighted by Gasteiger charge is 2.01. The van der Waals surface area contributed by atoms with Crippen molar-refractivity contribution in [3.63, 3.8) is 0 Å². The zero-order valence-electron chi connectivity index (χ0n) is 15.5. The molecule has 2 heterocycles. The number of nitrogens with one attached hydrogen (secondary N) is 2. The number of ether oxygens (including phenoxy) is 1. The molecule has 7 nitrogen and oxygen atoms in total. The molecule has 0 aromatic carbocycles. The number of rotatable bonds is 10. The molecule has 0 radical (unpaired) electrons. The van der Waals surface area contributed by atoms with Gasteiger partial charge in [-0.1, -0.05) is 13.3 Å². The summed E-state index contributed by atoms with van der Waals surface area (Å²) < 4.78 is 7.44. The molecule has 2 aromatic heterocycles. The van der Waals surface area contributed by atoms with Crippen LogP contribution in [0.5, 0.6) is 0 Å². The third-order valence-electron chi connectivity index (χ3n) is 3.66. The minimum Gasteiger partial charge on any atom is -0.381 e. The van der Waals surface area contributed by atoms with Gasteiger partial charge in [0.25, 0.3) is 0 Å². The highest BCUT2D eigenvalue weighted by atomic mass is 127. The van der Waals surface area contributed by atoms with E-state index in [4.69, 9.17) is 4.74 Å². The van der Waals surface area contributed by atoms with E-state index in [2.05, 4.69) is 32.5 Å². The summed E-state index contributed by atoms with van der Waals surface area (Å²) in [5, 5.41) is 6.62. The number of halogens is 1. The zero-order chi connectivity index (χ0) is 17.7. The van der Waals surface area contributed by atoms with Crippen LogP contribution in [0, 0.1) is 0 Å². The molecule has 8 heteroatoms. The smallest absolute Gasteiger partial charge is 0.191 e. The Morgan fingerprint density at radius 1 is 1.23 bits per heavy atom. The number of nitrogens with zero attached hydrogens (tertiary/aromatic N) is 4. The molecular formula is C18H29IN6O. The van der Waals surface area contributed by atoms with Crippen LogP contribution in [0.3, 0.4) is 0 Å². The van der Waals surface area contributed by atoms with Gasteiger partial charge in [-0.05, 0) is 30.5 Å². The fourth-order valence-electron chi connectivity index (χ4n) is 2.24. The third-order valence-corrected chi connectivity index (χ3v) is 3.66. The average Bonchev–Trinajstić information content (AvgIpc) is 3.18. The highest BCUT2D eigenvalue weighted by Crippen LogP contribution is 2.06. The van der Waals surface area contributed by atoms with E-state index in [1.807, 2.05) is 22.9 Å². The molecule has 0 fully saturated rings. The molecule has 2 aromatic rings. The molecule has 144 valence electrons. The van der Waals surface area contributed by atoms with Crippen LogP contribution in [0.25, 0.3) is 5.82 Å². The number of hydrogen-bond acceptors (Lipinski definition) is 4. The first-order valence-corrected chi connectivity index (χ1v) is 8.79. The second-order valence-corrected chi connectivity index (χ2v) is 5.66. The molecule has 2 N–H and O–H groups in total. The van der Waals surface area contributed by atoms with Crippen LogP contribution in [0.1, 0.15) is 31.7 Å². The van der Waals surface area contributed by atoms with Gasteiger partial charge >= 0.3 is 0 Å². The lowest BCUT2D eigenvalue weighted by atomic mass is 10.2. The molecular weight excluding hydrogens is 443 g/mol. The molecule has 0 aliphatic rings. The van der Waals surface area contributed by atoms with Crippen molar-refractivity contribution in [3.8, 4) is 5.82 Å². The minimum atomic E-state index is 0. The van der Waals surface area contributed by atoms with Crippen LogP contribution in [0.2, 0.25) is 0 Å². The Labute approximate surface area is 172 Å². The van der Waals surface area contributed by atoms with Crippen LogP contribution < -0.4 is 10.6 Å². The lowest BCUT2D eigenvalue weighted by Gasteiger charge is -2.12. The van der Waals surface area contributed by atoms with E-state index in [0.29, 0.717) is 6.54 Å². The molecule has 0 aliphatic carbocycles. The van der Waals surface area contributed by atoms with E-state index < -0.39 is 0 Å². The van der Waals surface area contributed by atoms with Crippen molar-refractivity contribution in [2.45, 2.75) is 32.7 Å². The molecule has 0 aliphatic heterocycles. The first-order valence-electron chi connectivity index (χ1n) is 8.79. The van der Waals surface area contributed by atoms with Gasteiger partial charge in [-0.2, -0.15) is 0 Å². The van der Waals surface area contributed by atoms with Gasteiger partial charge in [0.1, 0.15) is 12.1 Å². The van der Waals surface area contributed by atoms with Crippen molar-refractivity contribution in [2.24, 2.45) is 4.99 Å². The maximum Gasteiger partial charge on any atom is 0.191 e. The van der Waals surface area contributed by atoms with Gasteiger partial charge in [0, 0.05) is 51.9 Å². The molecule has 0 bridgehead atoms. The van der Waals surface area contributed by atoms with Gasteiger partial charge in [0.05, 0.1) is 0 Å². The molecule has 26 heavy (non-hydrogen) atoms. The highest BCUT2D eigenvalue weighted by molar-refractivity contribution is 14.0. The molecule has 0 atom stereocenters. The van der Waals surface area contributed by atoms with Crippen molar-refractivity contribution < 1.29 is 4.74 Å². The fraction of sp³-hybridized carbons (Fsp3) is 0.500. The van der Waals surface area contributed by atoms with Gasteiger partial charge in [0.15, 0.2) is 5.96 Å². The van der Waals surface area contributed by atoms with Crippen LogP contribution in [-0.2, 0) is 11.3 Å². The molecule has 0 spiro atoms. The lowest BCUT2D eigenvalue weighted by Crippen LogP contribution is -2.37. The number of hydrogen-bond donors (Lipinski definition) is 2. The molecule has 0 saturated carbocycles. The van der Waals surface area contributed by atoms with Crippen LogP contribution >= 0.6 is 24.0 Å². The quantitative estimate of drug-likeness (QED) is 0.241. The predicted molar refractivity (Wildman–Crippen MR) is 115 cm³/mol. The van der Waals surface area contributed by atoms with E-state index in [1.54, 1.807) is 25.8 Å². The predicted octanol–water partition coefficient (Wildman–Crippen LogP) is 2.76. The Balaban J connectivity index is 0.00000338. The maximum atomic E-state index is 5.55. The zero-order valence-corrected chi connectivity index (χ0v) is 17.8. The van der Waals surface area contributed by atoms with Crippen molar-refractivity contribution in [1.82, 2.24) is 25.2 Å². The molecule has 0 amide bonds. The fourth-order valence-corrected chi connectivity index (χ4v) is 2.24. The monoisotopic (exact) mass is 472 g/mol. The first-order chi connectivity index (χ1) is 12.3. The van der Waals surface area contributed by atoms with Crippen LogP contribution in [0.15, 0.2) is 42.0 Å². The summed E-state index contributed by atoms with van der Waals surface area (Å²) >= 11 is 0. The van der Waals surface area contributed by atoms with Crippen LogP contribution in [0.4, 0.5) is 0 Å². The average molecular weight is 472 g/mol. The Hall–Kier alpha value is -1.68. The topological polar surface area (TPSA) is 76.4 Å². The second kappa shape index (κ2) is 13.5. The molecule has 0 saturated heterocycles. The van der Waals surface area contributed by atoms with Gasteiger partial charge < -0.3 is 15.4 Å². The van der Waals surface area contributed by atoms with E-state index in [1.165, 1.54) is 6.42 Å². The summed E-state index contributed by atoms with van der Waals surface area (Å²) in [6.07, 6.45) is 10.4. The molecule has 0 unspecified atom stereocenters. The Morgan fingerprint density at radius 2 is 2.08 bits per heavy atom. The van der Waals surface area contributed by atoms with Gasteiger partial charge in [-0.3, -0.25) is 9.56 Å². The Bertz CT molecular complexity index is 632. The summed E-state index contributed by atoms with van der Waals surface area (Å²) in [5.74, 6) is 1.64. The number of aliphatic imine (C=N–C) groups is 1.